The molecule has 1 aliphatic rings. The molecule has 7 nitrogen and oxygen atoms in total. The first-order valence-corrected chi connectivity index (χ1v) is 8.36. The van der Waals surface area contributed by atoms with E-state index in [1.807, 2.05) is 30.3 Å². The van der Waals surface area contributed by atoms with Crippen molar-refractivity contribution in [3.63, 3.8) is 0 Å². The zero-order chi connectivity index (χ0) is 18.8. The Morgan fingerprint density at radius 1 is 1.15 bits per heavy atom. The number of para-hydroxylation sites is 1. The molecule has 2 heterocycles. The number of carbonyl (C=O) groups is 2. The number of nitrogens with one attached hydrogen (secondary N) is 1. The van der Waals surface area contributed by atoms with Crippen LogP contribution in [0.1, 0.15) is 28.6 Å². The molecule has 0 aliphatic carbocycles. The van der Waals surface area contributed by atoms with Crippen molar-refractivity contribution in [2.45, 2.75) is 12.3 Å². The number of anilines is 2. The predicted octanol–water partition coefficient (Wildman–Crippen LogP) is 2.98. The molecule has 0 spiro atoms. The topological polar surface area (TPSA) is 88.3 Å². The third kappa shape index (κ3) is 3.55. The van der Waals surface area contributed by atoms with Gasteiger partial charge in [-0.3, -0.25) is 14.9 Å². The number of hydrogen-bond acceptors (Lipinski definition) is 5. The van der Waals surface area contributed by atoms with Crippen molar-refractivity contribution in [3.8, 4) is 0 Å². The molecule has 0 unspecified atom stereocenters. The fourth-order valence-corrected chi connectivity index (χ4v) is 2.98. The lowest BCUT2D eigenvalue weighted by Gasteiger charge is -2.15. The van der Waals surface area contributed by atoms with E-state index in [0.29, 0.717) is 6.54 Å². The van der Waals surface area contributed by atoms with E-state index in [4.69, 9.17) is 4.42 Å². The van der Waals surface area contributed by atoms with Gasteiger partial charge in [-0.25, -0.2) is 4.39 Å². The summed E-state index contributed by atoms with van der Waals surface area (Å²) in [7, 11) is 0. The summed E-state index contributed by atoms with van der Waals surface area (Å²) in [5.41, 5.74) is 0.949. The third-order valence-corrected chi connectivity index (χ3v) is 4.29. The summed E-state index contributed by atoms with van der Waals surface area (Å²) in [6.45, 7) is 0.419. The van der Waals surface area contributed by atoms with Gasteiger partial charge in [0.15, 0.2) is 0 Å². The van der Waals surface area contributed by atoms with Gasteiger partial charge in [0.2, 0.25) is 11.8 Å². The van der Waals surface area contributed by atoms with Crippen molar-refractivity contribution in [2.24, 2.45) is 0 Å². The Morgan fingerprint density at radius 2 is 1.96 bits per heavy atom. The largest absolute Gasteiger partial charge is 0.407 e. The van der Waals surface area contributed by atoms with E-state index >= 15 is 0 Å². The molecular formula is C19H15FN4O3. The fraction of sp³-hybridized carbons (Fsp3) is 0.158. The van der Waals surface area contributed by atoms with Crippen molar-refractivity contribution in [3.05, 3.63) is 71.9 Å². The van der Waals surface area contributed by atoms with E-state index in [-0.39, 0.29) is 35.7 Å². The lowest BCUT2D eigenvalue weighted by atomic mass is 10.1. The minimum Gasteiger partial charge on any atom is -0.407 e. The quantitative estimate of drug-likeness (QED) is 0.767. The van der Waals surface area contributed by atoms with Crippen LogP contribution in [0.4, 0.5) is 16.1 Å². The minimum absolute atomic E-state index is 0.0326. The maximum Gasteiger partial charge on any atom is 0.322 e. The van der Waals surface area contributed by atoms with Crippen molar-refractivity contribution < 1.29 is 18.4 Å². The van der Waals surface area contributed by atoms with Gasteiger partial charge in [0.25, 0.3) is 5.91 Å². The van der Waals surface area contributed by atoms with Gasteiger partial charge in [-0.2, -0.15) is 0 Å². The smallest absolute Gasteiger partial charge is 0.322 e. The van der Waals surface area contributed by atoms with Crippen molar-refractivity contribution in [1.82, 2.24) is 10.2 Å². The molecule has 136 valence electrons. The van der Waals surface area contributed by atoms with Crippen LogP contribution in [0.3, 0.4) is 0 Å². The minimum atomic E-state index is -0.557. The highest BCUT2D eigenvalue weighted by atomic mass is 19.1. The van der Waals surface area contributed by atoms with Crippen LogP contribution in [-0.2, 0) is 4.79 Å². The zero-order valence-corrected chi connectivity index (χ0v) is 14.1. The number of hydrogen-bond donors (Lipinski definition) is 1. The molecule has 27 heavy (non-hydrogen) atoms. The van der Waals surface area contributed by atoms with Crippen LogP contribution in [0.5, 0.6) is 0 Å². The molecule has 1 fully saturated rings. The molecule has 1 saturated heterocycles. The van der Waals surface area contributed by atoms with Gasteiger partial charge in [-0.1, -0.05) is 29.4 Å². The summed E-state index contributed by atoms with van der Waals surface area (Å²) < 4.78 is 18.7. The van der Waals surface area contributed by atoms with Gasteiger partial charge in [0.05, 0.1) is 5.92 Å². The summed E-state index contributed by atoms with van der Waals surface area (Å²) in [4.78, 5) is 26.1. The van der Waals surface area contributed by atoms with E-state index in [1.165, 1.54) is 18.2 Å². The molecule has 1 N–H and O–H groups in total. The van der Waals surface area contributed by atoms with Crippen LogP contribution in [-0.4, -0.2) is 28.6 Å². The number of rotatable bonds is 4. The standard InChI is InChI=1S/C19H15FN4O3/c20-14-6-4-5-12(9-14)17(26)21-19-23-22-18(27-19)13-10-16(25)24(11-13)15-7-2-1-3-8-15/h1-9,13H,10-11H2,(H,21,23,26)/t13-/m0/s1. The average Bonchev–Trinajstić information content (AvgIpc) is 3.29. The molecule has 8 heteroatoms. The van der Waals surface area contributed by atoms with Crippen molar-refractivity contribution >= 4 is 23.5 Å². The first-order chi connectivity index (χ1) is 13.1. The molecule has 2 amide bonds. The Balaban J connectivity index is 1.45. The molecule has 0 bridgehead atoms. The number of amides is 2. The zero-order valence-electron chi connectivity index (χ0n) is 14.1. The number of halogens is 1. The van der Waals surface area contributed by atoms with E-state index < -0.39 is 11.7 Å². The van der Waals surface area contributed by atoms with Crippen LogP contribution in [0.15, 0.2) is 59.0 Å². The Hall–Kier alpha value is -3.55. The molecule has 1 atom stereocenters. The second-order valence-electron chi connectivity index (χ2n) is 6.15. The van der Waals surface area contributed by atoms with Crippen LogP contribution >= 0.6 is 0 Å². The normalized spacial score (nSPS) is 16.6. The molecule has 1 aliphatic heterocycles. The molecule has 0 radical (unpaired) electrons. The van der Waals surface area contributed by atoms with Gasteiger partial charge >= 0.3 is 6.01 Å². The van der Waals surface area contributed by atoms with E-state index in [9.17, 15) is 14.0 Å². The first-order valence-electron chi connectivity index (χ1n) is 8.36. The number of nitrogens with zero attached hydrogens (tertiary/aromatic N) is 3. The van der Waals surface area contributed by atoms with Crippen LogP contribution in [0, 0.1) is 5.82 Å². The Labute approximate surface area is 153 Å². The number of carbonyl (C=O) groups excluding carboxylic acids is 2. The van der Waals surface area contributed by atoms with E-state index in [1.54, 1.807) is 4.90 Å². The van der Waals surface area contributed by atoms with E-state index in [0.717, 1.165) is 11.8 Å². The molecule has 0 saturated carbocycles. The first kappa shape index (κ1) is 16.9. The molecule has 3 aromatic rings. The van der Waals surface area contributed by atoms with Crippen molar-refractivity contribution in [1.29, 1.82) is 0 Å². The van der Waals surface area contributed by atoms with Crippen LogP contribution in [0.2, 0.25) is 0 Å². The average molecular weight is 366 g/mol. The molecule has 4 rings (SSSR count). The monoisotopic (exact) mass is 366 g/mol. The second-order valence-corrected chi connectivity index (χ2v) is 6.15. The highest BCUT2D eigenvalue weighted by Crippen LogP contribution is 2.31. The Kier molecular flexibility index (Phi) is 4.37. The molecule has 2 aromatic carbocycles. The second kappa shape index (κ2) is 6.99. The lowest BCUT2D eigenvalue weighted by molar-refractivity contribution is -0.117. The van der Waals surface area contributed by atoms with Crippen LogP contribution < -0.4 is 10.2 Å². The van der Waals surface area contributed by atoms with Crippen LogP contribution in [0.25, 0.3) is 0 Å². The lowest BCUT2D eigenvalue weighted by Crippen LogP contribution is -2.24. The van der Waals surface area contributed by atoms with Gasteiger partial charge < -0.3 is 9.32 Å². The Morgan fingerprint density at radius 3 is 2.74 bits per heavy atom. The summed E-state index contributed by atoms with van der Waals surface area (Å²) in [5.74, 6) is -1.09. The van der Waals surface area contributed by atoms with E-state index in [2.05, 4.69) is 15.5 Å². The highest BCUT2D eigenvalue weighted by Gasteiger charge is 2.35. The third-order valence-electron chi connectivity index (χ3n) is 4.29. The number of aromatic nitrogens is 2. The Bertz CT molecular complexity index is 989. The summed E-state index contributed by atoms with van der Waals surface area (Å²) in [6.07, 6.45) is 0.244. The molecule has 1 aromatic heterocycles. The van der Waals surface area contributed by atoms with Gasteiger partial charge in [-0.15, -0.1) is 5.10 Å². The summed E-state index contributed by atoms with van der Waals surface area (Å²) in [5, 5.41) is 10.2. The maximum absolute atomic E-state index is 13.2. The molecular weight excluding hydrogens is 351 g/mol. The van der Waals surface area contributed by atoms with Gasteiger partial charge in [0.1, 0.15) is 5.82 Å². The fourth-order valence-electron chi connectivity index (χ4n) is 2.98. The van der Waals surface area contributed by atoms with Crippen molar-refractivity contribution in [2.75, 3.05) is 16.8 Å². The maximum atomic E-state index is 13.2. The summed E-state index contributed by atoms with van der Waals surface area (Å²) in [6, 6.07) is 14.5. The van der Waals surface area contributed by atoms with Gasteiger partial charge in [-0.05, 0) is 30.3 Å². The summed E-state index contributed by atoms with van der Waals surface area (Å²) >= 11 is 0. The SMILES string of the molecule is O=C(Nc1nnc([C@H]2CC(=O)N(c3ccccc3)C2)o1)c1cccc(F)c1. The number of benzene rings is 2. The van der Waals surface area contributed by atoms with Gasteiger partial charge in [0, 0.05) is 24.2 Å². The highest BCUT2D eigenvalue weighted by molar-refractivity contribution is 6.03. The predicted molar refractivity (Wildman–Crippen MR) is 94.8 cm³/mol.